The first kappa shape index (κ1) is 62.1. The summed E-state index contributed by atoms with van der Waals surface area (Å²) in [4.78, 5) is 38.1. The van der Waals surface area contributed by atoms with Gasteiger partial charge in [-0.15, -0.1) is 0 Å². The minimum atomic E-state index is -0.782. The third-order valence-electron chi connectivity index (χ3n) is 12.0. The van der Waals surface area contributed by atoms with Crippen molar-refractivity contribution in [2.75, 3.05) is 13.2 Å². The van der Waals surface area contributed by atoms with Crippen LogP contribution < -0.4 is 0 Å². The Kier molecular flexibility index (Phi) is 51.3. The highest BCUT2D eigenvalue weighted by Crippen LogP contribution is 2.15. The number of carbonyl (C=O) groups excluding carboxylic acids is 3. The number of rotatable bonds is 50. The van der Waals surface area contributed by atoms with Gasteiger partial charge in [0.1, 0.15) is 13.2 Å². The zero-order valence-electron chi connectivity index (χ0n) is 43.0. The van der Waals surface area contributed by atoms with Crippen molar-refractivity contribution >= 4 is 17.9 Å². The average molecular weight is 909 g/mol. The molecule has 0 amide bonds. The van der Waals surface area contributed by atoms with Crippen LogP contribution in [0.1, 0.15) is 278 Å². The van der Waals surface area contributed by atoms with Crippen molar-refractivity contribution in [3.05, 3.63) is 60.8 Å². The van der Waals surface area contributed by atoms with Crippen LogP contribution in [0.25, 0.3) is 0 Å². The van der Waals surface area contributed by atoms with Crippen molar-refractivity contribution in [3.63, 3.8) is 0 Å². The van der Waals surface area contributed by atoms with Crippen LogP contribution in [0.5, 0.6) is 0 Å². The molecule has 0 aromatic heterocycles. The molecule has 6 nitrogen and oxygen atoms in total. The fourth-order valence-electron chi connectivity index (χ4n) is 7.72. The Bertz CT molecular complexity index is 1180. The van der Waals surface area contributed by atoms with Crippen LogP contribution in [0.4, 0.5) is 0 Å². The van der Waals surface area contributed by atoms with Gasteiger partial charge < -0.3 is 14.2 Å². The molecule has 0 aliphatic carbocycles. The molecule has 0 aliphatic rings. The lowest BCUT2D eigenvalue weighted by Gasteiger charge is -2.18. The predicted molar refractivity (Wildman–Crippen MR) is 279 cm³/mol. The smallest absolute Gasteiger partial charge is 0.306 e. The molecule has 0 N–H and O–H groups in total. The summed E-state index contributed by atoms with van der Waals surface area (Å²) in [6.07, 6.45) is 66.3. The second-order valence-corrected chi connectivity index (χ2v) is 18.5. The van der Waals surface area contributed by atoms with Crippen LogP contribution in [0, 0.1) is 0 Å². The first-order chi connectivity index (χ1) is 32.0. The highest BCUT2D eigenvalue weighted by atomic mass is 16.6. The number of unbranched alkanes of at least 4 members (excludes halogenated alkanes) is 29. The second kappa shape index (κ2) is 53.7. The van der Waals surface area contributed by atoms with E-state index in [0.29, 0.717) is 19.3 Å². The molecule has 0 saturated heterocycles. The van der Waals surface area contributed by atoms with E-state index in [9.17, 15) is 14.4 Å². The molecule has 0 radical (unpaired) electrons. The Morgan fingerprint density at radius 3 is 0.908 bits per heavy atom. The van der Waals surface area contributed by atoms with Gasteiger partial charge >= 0.3 is 17.9 Å². The van der Waals surface area contributed by atoms with E-state index in [4.69, 9.17) is 14.2 Å². The van der Waals surface area contributed by atoms with Crippen LogP contribution in [0.2, 0.25) is 0 Å². The van der Waals surface area contributed by atoms with Gasteiger partial charge in [-0.3, -0.25) is 14.4 Å². The maximum absolute atomic E-state index is 12.8. The van der Waals surface area contributed by atoms with Gasteiger partial charge in [-0.2, -0.15) is 0 Å². The number of esters is 3. The van der Waals surface area contributed by atoms with Gasteiger partial charge in [0, 0.05) is 19.3 Å². The zero-order chi connectivity index (χ0) is 47.2. The van der Waals surface area contributed by atoms with Crippen LogP contribution in [0.15, 0.2) is 60.8 Å². The summed E-state index contributed by atoms with van der Waals surface area (Å²) in [5.41, 5.74) is 0. The number of allylic oxidation sites excluding steroid dienone is 10. The first-order valence-electron chi connectivity index (χ1n) is 27.8. The molecule has 0 unspecified atom stereocenters. The summed E-state index contributed by atoms with van der Waals surface area (Å²) < 4.78 is 16.8. The molecule has 6 heteroatoms. The summed E-state index contributed by atoms with van der Waals surface area (Å²) in [5.74, 6) is -0.896. The van der Waals surface area contributed by atoms with Gasteiger partial charge in [0.15, 0.2) is 6.10 Å². The number of hydrogen-bond donors (Lipinski definition) is 0. The Hall–Kier alpha value is -2.89. The van der Waals surface area contributed by atoms with Gasteiger partial charge in [0.25, 0.3) is 0 Å². The van der Waals surface area contributed by atoms with E-state index in [0.717, 1.165) is 83.5 Å². The lowest BCUT2D eigenvalue weighted by molar-refractivity contribution is -0.167. The Balaban J connectivity index is 4.35. The molecule has 376 valence electrons. The van der Waals surface area contributed by atoms with Crippen molar-refractivity contribution in [1.29, 1.82) is 0 Å². The third-order valence-corrected chi connectivity index (χ3v) is 12.0. The molecule has 1 atom stereocenters. The topological polar surface area (TPSA) is 78.9 Å². The van der Waals surface area contributed by atoms with Gasteiger partial charge in [-0.1, -0.05) is 216 Å². The largest absolute Gasteiger partial charge is 0.462 e. The van der Waals surface area contributed by atoms with E-state index in [2.05, 4.69) is 81.5 Å². The molecule has 0 aromatic carbocycles. The lowest BCUT2D eigenvalue weighted by atomic mass is 10.1. The monoisotopic (exact) mass is 909 g/mol. The summed E-state index contributed by atoms with van der Waals surface area (Å²) in [6.45, 7) is 6.55. The van der Waals surface area contributed by atoms with Crippen molar-refractivity contribution < 1.29 is 28.6 Å². The minimum absolute atomic E-state index is 0.0821. The molecule has 0 heterocycles. The van der Waals surface area contributed by atoms with Gasteiger partial charge in [0.2, 0.25) is 0 Å². The van der Waals surface area contributed by atoms with Crippen LogP contribution in [0.3, 0.4) is 0 Å². The van der Waals surface area contributed by atoms with Crippen molar-refractivity contribution in [2.45, 2.75) is 284 Å². The predicted octanol–water partition coefficient (Wildman–Crippen LogP) is 18.4. The summed E-state index contributed by atoms with van der Waals surface area (Å²) >= 11 is 0. The van der Waals surface area contributed by atoms with E-state index >= 15 is 0 Å². The molecule has 0 spiro atoms. The van der Waals surface area contributed by atoms with E-state index in [-0.39, 0.29) is 31.1 Å². The summed E-state index contributed by atoms with van der Waals surface area (Å²) in [5, 5.41) is 0. The van der Waals surface area contributed by atoms with Crippen molar-refractivity contribution in [3.8, 4) is 0 Å². The maximum Gasteiger partial charge on any atom is 0.306 e. The Morgan fingerprint density at radius 2 is 0.569 bits per heavy atom. The third kappa shape index (κ3) is 51.9. The normalized spacial score (nSPS) is 12.5. The van der Waals surface area contributed by atoms with E-state index in [1.165, 1.54) is 154 Å². The zero-order valence-corrected chi connectivity index (χ0v) is 43.0. The fourth-order valence-corrected chi connectivity index (χ4v) is 7.72. The Morgan fingerprint density at radius 1 is 0.308 bits per heavy atom. The summed E-state index contributed by atoms with van der Waals surface area (Å²) in [6, 6.07) is 0. The van der Waals surface area contributed by atoms with E-state index in [1.807, 2.05) is 0 Å². The average Bonchev–Trinajstić information content (AvgIpc) is 3.30. The molecular formula is C59H104O6. The molecular weight excluding hydrogens is 805 g/mol. The molecule has 65 heavy (non-hydrogen) atoms. The first-order valence-corrected chi connectivity index (χ1v) is 27.8. The Labute approximate surface area is 402 Å². The standard InChI is InChI=1S/C59H104O6/c1-4-7-10-13-16-19-22-24-26-28-29-31-33-35-38-41-44-47-50-53-59(62)65-56(54-63-57(60)51-48-45-42-39-36-21-18-15-12-9-6-3)55-64-58(61)52-49-46-43-40-37-34-32-30-27-25-23-20-17-14-11-8-5-2/h15-20,24-27,56H,4-14,21-23,28-55H2,1-3H3/b18-15-,19-16-,20-17-,26-24-,27-25-/t56-/m0/s1. The SMILES string of the molecule is CCCC/C=C\CCCCCCCC(=O)OC[C@@H](COC(=O)CCCCCCCCC/C=C\C/C=C\CCCCC)OC(=O)CCCCCCCCCCC/C=C\C/C=C\CCCCC. The molecule has 0 rings (SSSR count). The molecule has 0 aromatic rings. The van der Waals surface area contributed by atoms with E-state index < -0.39 is 6.10 Å². The number of ether oxygens (including phenoxy) is 3. The minimum Gasteiger partial charge on any atom is -0.462 e. The van der Waals surface area contributed by atoms with Gasteiger partial charge in [-0.05, 0) is 103 Å². The molecule has 0 saturated carbocycles. The molecule has 0 fully saturated rings. The van der Waals surface area contributed by atoms with Crippen LogP contribution in [-0.2, 0) is 28.6 Å². The van der Waals surface area contributed by atoms with E-state index in [1.54, 1.807) is 0 Å². The van der Waals surface area contributed by atoms with Gasteiger partial charge in [-0.25, -0.2) is 0 Å². The van der Waals surface area contributed by atoms with Gasteiger partial charge in [0.05, 0.1) is 0 Å². The quantitative estimate of drug-likeness (QED) is 0.0262. The highest BCUT2D eigenvalue weighted by Gasteiger charge is 2.19. The number of carbonyl (C=O) groups is 3. The molecule has 0 aliphatic heterocycles. The second-order valence-electron chi connectivity index (χ2n) is 18.5. The summed E-state index contributed by atoms with van der Waals surface area (Å²) in [7, 11) is 0. The van der Waals surface area contributed by atoms with Crippen molar-refractivity contribution in [2.24, 2.45) is 0 Å². The van der Waals surface area contributed by atoms with Crippen molar-refractivity contribution in [1.82, 2.24) is 0 Å². The van der Waals surface area contributed by atoms with Crippen LogP contribution >= 0.6 is 0 Å². The highest BCUT2D eigenvalue weighted by molar-refractivity contribution is 5.71. The number of hydrogen-bond acceptors (Lipinski definition) is 6. The maximum atomic E-state index is 12.8. The van der Waals surface area contributed by atoms with Crippen LogP contribution in [-0.4, -0.2) is 37.2 Å². The fraction of sp³-hybridized carbons (Fsp3) is 0.780. The molecule has 0 bridgehead atoms. The lowest BCUT2D eigenvalue weighted by Crippen LogP contribution is -2.30.